The Morgan fingerprint density at radius 2 is 1.87 bits per heavy atom. The van der Waals surface area contributed by atoms with Crippen LogP contribution in [-0.2, 0) is 9.59 Å². The van der Waals surface area contributed by atoms with Crippen LogP contribution in [0.15, 0.2) is 53.6 Å². The summed E-state index contributed by atoms with van der Waals surface area (Å²) in [6.45, 7) is 0. The average molecular weight is 332 g/mol. The van der Waals surface area contributed by atoms with Crippen molar-refractivity contribution in [1.82, 2.24) is 5.43 Å². The van der Waals surface area contributed by atoms with Crippen LogP contribution in [0.4, 0.5) is 5.69 Å². The minimum atomic E-state index is -0.880. The summed E-state index contributed by atoms with van der Waals surface area (Å²) in [4.78, 5) is 23.3. The highest BCUT2D eigenvalue weighted by Gasteiger charge is 2.12. The first-order valence-corrected chi connectivity index (χ1v) is 7.00. The Morgan fingerprint density at radius 1 is 1.13 bits per heavy atom. The highest BCUT2D eigenvalue weighted by Crippen LogP contribution is 2.14. The molecule has 0 aromatic heterocycles. The molecule has 2 aromatic carbocycles. The monoisotopic (exact) mass is 331 g/mol. The van der Waals surface area contributed by atoms with Gasteiger partial charge in [-0.15, -0.1) is 0 Å². The third kappa shape index (κ3) is 5.12. The molecule has 0 aliphatic carbocycles. The van der Waals surface area contributed by atoms with Crippen molar-refractivity contribution in [3.8, 4) is 5.75 Å². The second-order valence-electron chi connectivity index (χ2n) is 4.44. The van der Waals surface area contributed by atoms with E-state index in [1.165, 1.54) is 12.3 Å². The molecule has 23 heavy (non-hydrogen) atoms. The maximum atomic E-state index is 11.7. The molecule has 0 bridgehead atoms. The summed E-state index contributed by atoms with van der Waals surface area (Å²) in [5, 5.41) is 6.60. The van der Waals surface area contributed by atoms with Crippen molar-refractivity contribution in [2.75, 3.05) is 12.4 Å². The van der Waals surface area contributed by atoms with Gasteiger partial charge in [0.15, 0.2) is 0 Å². The number of amides is 2. The molecule has 6 nitrogen and oxygen atoms in total. The van der Waals surface area contributed by atoms with Gasteiger partial charge in [-0.3, -0.25) is 9.59 Å². The van der Waals surface area contributed by atoms with E-state index in [1.807, 2.05) is 0 Å². The van der Waals surface area contributed by atoms with Gasteiger partial charge in [0, 0.05) is 10.7 Å². The number of rotatable bonds is 4. The third-order valence-electron chi connectivity index (χ3n) is 2.78. The number of methoxy groups -OCH3 is 1. The molecule has 0 unspecified atom stereocenters. The van der Waals surface area contributed by atoms with Crippen LogP contribution in [0.2, 0.25) is 5.02 Å². The molecule has 2 aromatic rings. The first kappa shape index (κ1) is 16.5. The molecule has 0 radical (unpaired) electrons. The number of hydrogen-bond donors (Lipinski definition) is 2. The second kappa shape index (κ2) is 7.95. The van der Waals surface area contributed by atoms with Crippen molar-refractivity contribution >= 4 is 35.3 Å². The predicted molar refractivity (Wildman–Crippen MR) is 88.8 cm³/mol. The van der Waals surface area contributed by atoms with Crippen LogP contribution in [0.5, 0.6) is 5.75 Å². The molecule has 7 heteroatoms. The number of ether oxygens (including phenoxy) is 1. The van der Waals surface area contributed by atoms with Gasteiger partial charge < -0.3 is 10.1 Å². The largest absolute Gasteiger partial charge is 0.497 e. The van der Waals surface area contributed by atoms with E-state index >= 15 is 0 Å². The minimum absolute atomic E-state index is 0.428. The van der Waals surface area contributed by atoms with E-state index in [9.17, 15) is 9.59 Å². The van der Waals surface area contributed by atoms with Gasteiger partial charge in [0.05, 0.1) is 13.3 Å². The summed E-state index contributed by atoms with van der Waals surface area (Å²) in [7, 11) is 1.57. The van der Waals surface area contributed by atoms with Gasteiger partial charge in [0.2, 0.25) is 0 Å². The molecule has 0 heterocycles. The molecule has 0 fully saturated rings. The Bertz CT molecular complexity index is 730. The van der Waals surface area contributed by atoms with Gasteiger partial charge in [0.25, 0.3) is 0 Å². The summed E-state index contributed by atoms with van der Waals surface area (Å²) < 4.78 is 5.03. The lowest BCUT2D eigenvalue weighted by atomic mass is 10.2. The third-order valence-corrected chi connectivity index (χ3v) is 3.02. The van der Waals surface area contributed by atoms with Crippen LogP contribution < -0.4 is 15.5 Å². The molecule has 2 rings (SSSR count). The zero-order valence-corrected chi connectivity index (χ0v) is 13.0. The number of hydrazone groups is 1. The molecule has 118 valence electrons. The summed E-state index contributed by atoms with van der Waals surface area (Å²) >= 11 is 5.80. The van der Waals surface area contributed by atoms with Crippen LogP contribution in [0.25, 0.3) is 0 Å². The number of carbonyl (C=O) groups is 2. The molecule has 0 aliphatic rings. The number of nitrogens with one attached hydrogen (secondary N) is 2. The quantitative estimate of drug-likeness (QED) is 0.513. The van der Waals surface area contributed by atoms with Crippen LogP contribution in [0.3, 0.4) is 0 Å². The van der Waals surface area contributed by atoms with Crippen LogP contribution >= 0.6 is 11.6 Å². The van der Waals surface area contributed by atoms with Crippen molar-refractivity contribution < 1.29 is 14.3 Å². The number of halogens is 1. The van der Waals surface area contributed by atoms with E-state index in [0.717, 1.165) is 5.56 Å². The van der Waals surface area contributed by atoms with Crippen LogP contribution in [-0.4, -0.2) is 25.1 Å². The SMILES string of the molecule is COc1ccc(/C=N\NC(=O)C(=O)Nc2cccc(Cl)c2)cc1. The minimum Gasteiger partial charge on any atom is -0.497 e. The fourth-order valence-electron chi connectivity index (χ4n) is 1.66. The van der Waals surface area contributed by atoms with E-state index in [1.54, 1.807) is 49.6 Å². The average Bonchev–Trinajstić information content (AvgIpc) is 2.55. The van der Waals surface area contributed by atoms with Gasteiger partial charge >= 0.3 is 11.8 Å². The number of hydrogen-bond acceptors (Lipinski definition) is 4. The van der Waals surface area contributed by atoms with Crippen LogP contribution in [0, 0.1) is 0 Å². The lowest BCUT2D eigenvalue weighted by molar-refractivity contribution is -0.136. The zero-order chi connectivity index (χ0) is 16.7. The van der Waals surface area contributed by atoms with E-state index < -0.39 is 11.8 Å². The maximum absolute atomic E-state index is 11.7. The van der Waals surface area contributed by atoms with Crippen molar-refractivity contribution in [1.29, 1.82) is 0 Å². The highest BCUT2D eigenvalue weighted by molar-refractivity contribution is 6.39. The van der Waals surface area contributed by atoms with Gasteiger partial charge in [-0.05, 0) is 48.0 Å². The van der Waals surface area contributed by atoms with E-state index in [4.69, 9.17) is 16.3 Å². The first-order valence-electron chi connectivity index (χ1n) is 6.62. The number of anilines is 1. The first-order chi connectivity index (χ1) is 11.1. The Morgan fingerprint density at radius 3 is 2.52 bits per heavy atom. The molecular weight excluding hydrogens is 318 g/mol. The van der Waals surface area contributed by atoms with Gasteiger partial charge in [-0.1, -0.05) is 17.7 Å². The molecule has 0 spiro atoms. The summed E-state index contributed by atoms with van der Waals surface area (Å²) in [5.74, 6) is -0.999. The van der Waals surface area contributed by atoms with Crippen molar-refractivity contribution in [2.45, 2.75) is 0 Å². The number of carbonyl (C=O) groups excluding carboxylic acids is 2. The Labute approximate surface area is 138 Å². The van der Waals surface area contributed by atoms with E-state index in [0.29, 0.717) is 16.5 Å². The Hall–Kier alpha value is -2.86. The van der Waals surface area contributed by atoms with E-state index in [2.05, 4.69) is 15.8 Å². The topological polar surface area (TPSA) is 79.8 Å². The van der Waals surface area contributed by atoms with Gasteiger partial charge in [0.1, 0.15) is 5.75 Å². The van der Waals surface area contributed by atoms with Crippen molar-refractivity contribution in [3.63, 3.8) is 0 Å². The standard InChI is InChI=1S/C16H14ClN3O3/c1-23-14-7-5-11(6-8-14)10-18-20-16(22)15(21)19-13-4-2-3-12(17)9-13/h2-10H,1H3,(H,19,21)(H,20,22)/b18-10-. The Kier molecular flexibility index (Phi) is 5.71. The predicted octanol–water partition coefficient (Wildman–Crippen LogP) is 2.44. The molecule has 2 N–H and O–H groups in total. The second-order valence-corrected chi connectivity index (χ2v) is 4.87. The molecular formula is C16H14ClN3O3. The highest BCUT2D eigenvalue weighted by atomic mass is 35.5. The number of benzene rings is 2. The zero-order valence-electron chi connectivity index (χ0n) is 12.2. The molecule has 0 saturated heterocycles. The summed E-state index contributed by atoms with van der Waals surface area (Å²) in [6, 6.07) is 13.5. The van der Waals surface area contributed by atoms with Gasteiger partial charge in [-0.25, -0.2) is 5.43 Å². The van der Waals surface area contributed by atoms with E-state index in [-0.39, 0.29) is 0 Å². The van der Waals surface area contributed by atoms with Crippen LogP contribution in [0.1, 0.15) is 5.56 Å². The molecule has 2 amide bonds. The molecule has 0 atom stereocenters. The molecule has 0 saturated carbocycles. The smallest absolute Gasteiger partial charge is 0.329 e. The fraction of sp³-hybridized carbons (Fsp3) is 0.0625. The lowest BCUT2D eigenvalue weighted by Gasteiger charge is -2.04. The summed E-state index contributed by atoms with van der Waals surface area (Å²) in [5.41, 5.74) is 3.33. The Balaban J connectivity index is 1.88. The lowest BCUT2D eigenvalue weighted by Crippen LogP contribution is -2.32. The normalized spacial score (nSPS) is 10.3. The van der Waals surface area contributed by atoms with Crippen molar-refractivity contribution in [2.24, 2.45) is 5.10 Å². The van der Waals surface area contributed by atoms with Gasteiger partial charge in [-0.2, -0.15) is 5.10 Å². The maximum Gasteiger partial charge on any atom is 0.329 e. The van der Waals surface area contributed by atoms with Crippen molar-refractivity contribution in [3.05, 3.63) is 59.1 Å². The number of nitrogens with zero attached hydrogens (tertiary/aromatic N) is 1. The summed E-state index contributed by atoms with van der Waals surface area (Å²) in [6.07, 6.45) is 1.42. The fourth-order valence-corrected chi connectivity index (χ4v) is 1.85. The molecule has 0 aliphatic heterocycles.